The lowest BCUT2D eigenvalue weighted by atomic mass is 10.1. The Labute approximate surface area is 217 Å². The highest BCUT2D eigenvalue weighted by atomic mass is 35.5. The minimum atomic E-state index is -0.485. The number of nitrogens with zero attached hydrogens (tertiary/aromatic N) is 3. The van der Waals surface area contributed by atoms with Crippen LogP contribution < -0.4 is 14.8 Å². The zero-order valence-corrected chi connectivity index (χ0v) is 20.8. The fourth-order valence-electron chi connectivity index (χ4n) is 3.60. The van der Waals surface area contributed by atoms with Gasteiger partial charge in [0.05, 0.1) is 26.2 Å². The summed E-state index contributed by atoms with van der Waals surface area (Å²) in [5.74, 6) is -0.243. The molecule has 0 unspecified atom stereocenters. The van der Waals surface area contributed by atoms with E-state index in [9.17, 15) is 19.7 Å². The van der Waals surface area contributed by atoms with Crippen LogP contribution in [0.1, 0.15) is 20.9 Å². The van der Waals surface area contributed by atoms with E-state index in [2.05, 4.69) is 4.98 Å². The molecule has 5 rings (SSSR count). The highest BCUT2D eigenvalue weighted by Gasteiger charge is 2.13. The van der Waals surface area contributed by atoms with Gasteiger partial charge in [-0.25, -0.2) is 4.98 Å². The van der Waals surface area contributed by atoms with Crippen LogP contribution in [0.15, 0.2) is 77.6 Å². The molecule has 0 bridgehead atoms. The van der Waals surface area contributed by atoms with E-state index in [1.165, 1.54) is 39.4 Å². The Morgan fingerprint density at radius 2 is 1.81 bits per heavy atom. The number of halogens is 1. The molecule has 0 radical (unpaired) electrons. The largest absolute Gasteiger partial charge is 0.292 e. The number of rotatable bonds is 6. The number of nitro benzene ring substituents is 1. The van der Waals surface area contributed by atoms with Gasteiger partial charge >= 0.3 is 0 Å². The van der Waals surface area contributed by atoms with Gasteiger partial charge in [-0.2, -0.15) is 0 Å². The van der Waals surface area contributed by atoms with Crippen LogP contribution in [0, 0.1) is 10.1 Å². The molecule has 0 aliphatic carbocycles. The summed E-state index contributed by atoms with van der Waals surface area (Å²) in [6.07, 6.45) is 3.38. The topological polar surface area (TPSA) is 95.1 Å². The molecule has 178 valence electrons. The number of Topliss-reactive ketones (excluding diaryl/α,β-unsaturated/α-hetero) is 1. The highest BCUT2D eigenvalue weighted by molar-refractivity contribution is 7.19. The molecule has 0 spiro atoms. The predicted molar refractivity (Wildman–Crippen MR) is 143 cm³/mol. The van der Waals surface area contributed by atoms with Crippen molar-refractivity contribution in [1.82, 2.24) is 9.55 Å². The number of fused-ring (bicyclic) bond motifs is 1. The van der Waals surface area contributed by atoms with Crippen LogP contribution in [0.2, 0.25) is 5.02 Å². The molecule has 7 nitrogen and oxygen atoms in total. The molecule has 36 heavy (non-hydrogen) atoms. The summed E-state index contributed by atoms with van der Waals surface area (Å²) in [5, 5.41) is 12.4. The molecular formula is C26H16ClN3O4S2. The lowest BCUT2D eigenvalue weighted by Gasteiger charge is -2.02. The van der Waals surface area contributed by atoms with Crippen LogP contribution in [0.5, 0.6) is 0 Å². The number of aromatic nitrogens is 2. The zero-order valence-electron chi connectivity index (χ0n) is 18.5. The van der Waals surface area contributed by atoms with E-state index < -0.39 is 4.92 Å². The SMILES string of the molecule is O=C(Cn1c(=O)/c(=C/c2cccc([N+](=O)[O-])c2)s/c1=C/c1nc2ccccc2s1)c1ccc(Cl)cc1. The Morgan fingerprint density at radius 1 is 1.03 bits per heavy atom. The lowest BCUT2D eigenvalue weighted by Crippen LogP contribution is -2.34. The number of nitro groups is 1. The molecule has 2 heterocycles. The Kier molecular flexibility index (Phi) is 6.60. The molecule has 0 aliphatic heterocycles. The van der Waals surface area contributed by atoms with Gasteiger partial charge in [0.25, 0.3) is 11.2 Å². The molecular weight excluding hydrogens is 518 g/mol. The number of para-hydroxylation sites is 1. The molecule has 10 heteroatoms. The van der Waals surface area contributed by atoms with Gasteiger partial charge in [0.1, 0.15) is 9.67 Å². The number of hydrogen-bond acceptors (Lipinski definition) is 7. The second-order valence-corrected chi connectivity index (χ2v) is 10.3. The van der Waals surface area contributed by atoms with E-state index >= 15 is 0 Å². The zero-order chi connectivity index (χ0) is 25.2. The van der Waals surface area contributed by atoms with Gasteiger partial charge in [0.15, 0.2) is 5.78 Å². The minimum absolute atomic E-state index is 0.0696. The number of non-ortho nitro benzene ring substituents is 1. The molecule has 0 aliphatic rings. The minimum Gasteiger partial charge on any atom is -0.292 e. The van der Waals surface area contributed by atoms with Crippen LogP contribution in [-0.2, 0) is 6.54 Å². The van der Waals surface area contributed by atoms with Crippen LogP contribution in [0.4, 0.5) is 5.69 Å². The Hall–Kier alpha value is -3.92. The first-order valence-corrected chi connectivity index (χ1v) is 12.7. The normalized spacial score (nSPS) is 12.4. The van der Waals surface area contributed by atoms with Crippen molar-refractivity contribution in [2.45, 2.75) is 6.54 Å². The third-order valence-corrected chi connectivity index (χ3v) is 7.64. The van der Waals surface area contributed by atoms with Gasteiger partial charge in [-0.05, 0) is 48.0 Å². The number of hydrogen-bond donors (Lipinski definition) is 0. The van der Waals surface area contributed by atoms with Crippen molar-refractivity contribution in [1.29, 1.82) is 0 Å². The highest BCUT2D eigenvalue weighted by Crippen LogP contribution is 2.22. The van der Waals surface area contributed by atoms with Gasteiger partial charge in [-0.15, -0.1) is 22.7 Å². The second kappa shape index (κ2) is 9.98. The Bertz CT molecular complexity index is 1770. The average Bonchev–Trinajstić information content (AvgIpc) is 3.40. The first-order valence-electron chi connectivity index (χ1n) is 10.7. The third-order valence-electron chi connectivity index (χ3n) is 5.34. The van der Waals surface area contributed by atoms with E-state index in [-0.39, 0.29) is 23.6 Å². The average molecular weight is 534 g/mol. The standard InChI is InChI=1S/C26H16ClN3O4S2/c27-18-10-8-17(9-11-18)21(31)15-29-25(14-24-28-20-6-1-2-7-22(20)35-24)36-23(26(29)32)13-16-4-3-5-19(12-16)30(33)34/h1-14H,15H2/b23-13-,25-14+. The number of ketones is 1. The Balaban J connectivity index is 1.64. The van der Waals surface area contributed by atoms with Gasteiger partial charge < -0.3 is 0 Å². The molecule has 3 aromatic carbocycles. The molecule has 0 N–H and O–H groups in total. The second-order valence-electron chi connectivity index (χ2n) is 7.79. The maximum Gasteiger partial charge on any atom is 0.270 e. The van der Waals surface area contributed by atoms with Gasteiger partial charge in [-0.3, -0.25) is 24.3 Å². The van der Waals surface area contributed by atoms with Crippen molar-refractivity contribution in [2.24, 2.45) is 0 Å². The monoisotopic (exact) mass is 533 g/mol. The number of carbonyl (C=O) groups excluding carboxylic acids is 1. The summed E-state index contributed by atoms with van der Waals surface area (Å²) >= 11 is 8.62. The van der Waals surface area contributed by atoms with E-state index in [0.717, 1.165) is 10.2 Å². The van der Waals surface area contributed by atoms with Crippen molar-refractivity contribution < 1.29 is 9.72 Å². The van der Waals surface area contributed by atoms with Crippen LogP contribution >= 0.6 is 34.3 Å². The summed E-state index contributed by atoms with van der Waals surface area (Å²) < 4.78 is 3.33. The molecule has 2 aromatic heterocycles. The fourth-order valence-corrected chi connectivity index (χ4v) is 5.75. The molecule has 0 saturated carbocycles. The first-order chi connectivity index (χ1) is 17.4. The maximum absolute atomic E-state index is 13.4. The summed E-state index contributed by atoms with van der Waals surface area (Å²) in [6.45, 7) is -0.170. The molecule has 0 fully saturated rings. The molecule has 5 aromatic rings. The molecule has 0 amide bonds. The molecule has 0 saturated heterocycles. The quantitative estimate of drug-likeness (QED) is 0.180. The maximum atomic E-state index is 13.4. The van der Waals surface area contributed by atoms with Crippen molar-refractivity contribution >= 4 is 68.1 Å². The number of carbonyl (C=O) groups is 1. The van der Waals surface area contributed by atoms with Crippen molar-refractivity contribution in [3.05, 3.63) is 124 Å². The number of benzene rings is 3. The van der Waals surface area contributed by atoms with Crippen molar-refractivity contribution in [3.8, 4) is 0 Å². The van der Waals surface area contributed by atoms with E-state index in [1.54, 1.807) is 48.6 Å². The van der Waals surface area contributed by atoms with Crippen molar-refractivity contribution in [2.75, 3.05) is 0 Å². The van der Waals surface area contributed by atoms with Crippen LogP contribution in [0.25, 0.3) is 22.4 Å². The summed E-state index contributed by atoms with van der Waals surface area (Å²) in [5.41, 5.74) is 1.37. The third kappa shape index (κ3) is 5.03. The summed E-state index contributed by atoms with van der Waals surface area (Å²) in [7, 11) is 0. The van der Waals surface area contributed by atoms with E-state index in [4.69, 9.17) is 11.6 Å². The van der Waals surface area contributed by atoms with E-state index in [1.807, 2.05) is 24.3 Å². The smallest absolute Gasteiger partial charge is 0.270 e. The first kappa shape index (κ1) is 23.8. The predicted octanol–water partition coefficient (Wildman–Crippen LogP) is 4.62. The molecule has 0 atom stereocenters. The van der Waals surface area contributed by atoms with E-state index in [0.29, 0.717) is 30.4 Å². The Morgan fingerprint density at radius 3 is 2.56 bits per heavy atom. The van der Waals surface area contributed by atoms with Crippen molar-refractivity contribution in [3.63, 3.8) is 0 Å². The lowest BCUT2D eigenvalue weighted by molar-refractivity contribution is -0.384. The summed E-state index contributed by atoms with van der Waals surface area (Å²) in [4.78, 5) is 41.7. The van der Waals surface area contributed by atoms with Gasteiger partial charge in [0.2, 0.25) is 0 Å². The summed E-state index contributed by atoms with van der Waals surface area (Å²) in [6, 6.07) is 20.3. The van der Waals surface area contributed by atoms with Gasteiger partial charge in [-0.1, -0.05) is 35.9 Å². The van der Waals surface area contributed by atoms with Gasteiger partial charge in [0, 0.05) is 28.8 Å². The number of thiazole rings is 2. The fraction of sp³-hybridized carbons (Fsp3) is 0.0385. The van der Waals surface area contributed by atoms with Crippen LogP contribution in [-0.4, -0.2) is 20.3 Å². The van der Waals surface area contributed by atoms with Crippen LogP contribution in [0.3, 0.4) is 0 Å².